The molecule has 12 heavy (non-hydrogen) atoms. The van der Waals surface area contributed by atoms with E-state index in [2.05, 4.69) is 9.72 Å². The second-order valence-corrected chi connectivity index (χ2v) is 2.36. The number of aromatic amines is 1. The van der Waals surface area contributed by atoms with Crippen LogP contribution >= 0.6 is 0 Å². The van der Waals surface area contributed by atoms with E-state index >= 15 is 0 Å². The predicted molar refractivity (Wildman–Crippen MR) is 42.9 cm³/mol. The van der Waals surface area contributed by atoms with E-state index in [-0.39, 0.29) is 12.6 Å². The number of esters is 1. The number of aliphatic hydroxyl groups is 1. The zero-order valence-electron chi connectivity index (χ0n) is 6.83. The Kier molecular flexibility index (Phi) is 2.88. The number of carbonyl (C=O) groups is 1. The molecule has 0 saturated heterocycles. The van der Waals surface area contributed by atoms with Crippen molar-refractivity contribution in [1.29, 1.82) is 0 Å². The van der Waals surface area contributed by atoms with E-state index in [1.54, 1.807) is 12.4 Å². The largest absolute Gasteiger partial charge is 0.465 e. The highest BCUT2D eigenvalue weighted by Crippen LogP contribution is 2.09. The van der Waals surface area contributed by atoms with Crippen LogP contribution in [0.3, 0.4) is 0 Å². The third-order valence-corrected chi connectivity index (χ3v) is 1.62. The number of H-pyrrole nitrogens is 1. The maximum absolute atomic E-state index is 11.0. The molecule has 0 atom stereocenters. The molecule has 0 aromatic carbocycles. The summed E-state index contributed by atoms with van der Waals surface area (Å²) in [5.74, 6) is -0.375. The normalized spacial score (nSPS) is 9.83. The van der Waals surface area contributed by atoms with Crippen LogP contribution in [0.2, 0.25) is 0 Å². The monoisotopic (exact) mass is 169 g/mol. The summed E-state index contributed by atoms with van der Waals surface area (Å²) in [5, 5.41) is 8.65. The summed E-state index contributed by atoms with van der Waals surface area (Å²) in [4.78, 5) is 13.8. The third-order valence-electron chi connectivity index (χ3n) is 1.62. The number of carbonyl (C=O) groups excluding carboxylic acids is 1. The second-order valence-electron chi connectivity index (χ2n) is 2.36. The Hall–Kier alpha value is -1.29. The molecule has 2 N–H and O–H groups in total. The van der Waals surface area contributed by atoms with Gasteiger partial charge in [-0.05, 0) is 12.0 Å². The highest BCUT2D eigenvalue weighted by Gasteiger charge is 2.11. The van der Waals surface area contributed by atoms with E-state index in [1.165, 1.54) is 7.11 Å². The molecule has 4 nitrogen and oxygen atoms in total. The molecule has 1 aromatic heterocycles. The third kappa shape index (κ3) is 1.65. The van der Waals surface area contributed by atoms with Gasteiger partial charge in [0.15, 0.2) is 0 Å². The Bertz CT molecular complexity index is 267. The number of methoxy groups -OCH3 is 1. The van der Waals surface area contributed by atoms with Crippen molar-refractivity contribution in [2.45, 2.75) is 6.42 Å². The first-order chi connectivity index (χ1) is 5.79. The smallest absolute Gasteiger partial charge is 0.339 e. The standard InChI is InChI=1S/C8H11NO3/c1-12-8(11)7-5-9-4-6(7)2-3-10/h4-5,9-10H,2-3H2,1H3. The Balaban J connectivity index is 2.83. The van der Waals surface area contributed by atoms with E-state index in [9.17, 15) is 4.79 Å². The Morgan fingerprint density at radius 3 is 3.00 bits per heavy atom. The number of hydrogen-bond acceptors (Lipinski definition) is 3. The second kappa shape index (κ2) is 3.92. The van der Waals surface area contributed by atoms with Gasteiger partial charge in [-0.25, -0.2) is 4.79 Å². The number of aromatic nitrogens is 1. The van der Waals surface area contributed by atoms with Gasteiger partial charge in [-0.3, -0.25) is 0 Å². The van der Waals surface area contributed by atoms with Crippen LogP contribution in [0.5, 0.6) is 0 Å². The molecule has 0 unspecified atom stereocenters. The Morgan fingerprint density at radius 2 is 2.42 bits per heavy atom. The predicted octanol–water partition coefficient (Wildman–Crippen LogP) is 0.336. The van der Waals surface area contributed by atoms with Gasteiger partial charge in [0.2, 0.25) is 0 Å². The van der Waals surface area contributed by atoms with Crippen LogP contribution in [0.25, 0.3) is 0 Å². The lowest BCUT2D eigenvalue weighted by molar-refractivity contribution is 0.0599. The number of rotatable bonds is 3. The van der Waals surface area contributed by atoms with Crippen molar-refractivity contribution >= 4 is 5.97 Å². The first-order valence-corrected chi connectivity index (χ1v) is 3.64. The highest BCUT2D eigenvalue weighted by atomic mass is 16.5. The van der Waals surface area contributed by atoms with Crippen molar-refractivity contribution in [2.75, 3.05) is 13.7 Å². The quantitative estimate of drug-likeness (QED) is 0.641. The summed E-state index contributed by atoms with van der Waals surface area (Å²) in [6.07, 6.45) is 3.72. The molecule has 0 saturated carbocycles. The molecule has 1 heterocycles. The van der Waals surface area contributed by atoms with Crippen molar-refractivity contribution in [2.24, 2.45) is 0 Å². The summed E-state index contributed by atoms with van der Waals surface area (Å²) >= 11 is 0. The molecule has 0 aliphatic carbocycles. The van der Waals surface area contributed by atoms with E-state index in [1.807, 2.05) is 0 Å². The molecule has 0 radical (unpaired) electrons. The van der Waals surface area contributed by atoms with Crippen molar-refractivity contribution < 1.29 is 14.6 Å². The van der Waals surface area contributed by atoms with Crippen LogP contribution in [-0.4, -0.2) is 29.8 Å². The van der Waals surface area contributed by atoms with Gasteiger partial charge in [-0.1, -0.05) is 0 Å². The Labute approximate surface area is 70.2 Å². The van der Waals surface area contributed by atoms with Crippen molar-refractivity contribution in [3.8, 4) is 0 Å². The minimum atomic E-state index is -0.375. The molecule has 4 heteroatoms. The molecule has 0 aliphatic heterocycles. The molecule has 1 aromatic rings. The van der Waals surface area contributed by atoms with Gasteiger partial charge in [-0.2, -0.15) is 0 Å². The summed E-state index contributed by atoms with van der Waals surface area (Å²) in [6, 6.07) is 0. The summed E-state index contributed by atoms with van der Waals surface area (Å²) in [5.41, 5.74) is 1.27. The zero-order valence-corrected chi connectivity index (χ0v) is 6.83. The van der Waals surface area contributed by atoms with Gasteiger partial charge in [0.25, 0.3) is 0 Å². The average Bonchev–Trinajstić information content (AvgIpc) is 2.52. The van der Waals surface area contributed by atoms with Crippen LogP contribution in [0, 0.1) is 0 Å². The van der Waals surface area contributed by atoms with Gasteiger partial charge < -0.3 is 14.8 Å². The summed E-state index contributed by atoms with van der Waals surface area (Å²) in [7, 11) is 1.33. The molecule has 0 aliphatic rings. The molecular weight excluding hydrogens is 158 g/mol. The van der Waals surface area contributed by atoms with Gasteiger partial charge in [0.1, 0.15) is 0 Å². The minimum absolute atomic E-state index is 0.0296. The van der Waals surface area contributed by atoms with Crippen molar-refractivity contribution in [3.63, 3.8) is 0 Å². The number of nitrogens with one attached hydrogen (secondary N) is 1. The molecular formula is C8H11NO3. The maximum atomic E-state index is 11.0. The summed E-state index contributed by atoms with van der Waals surface area (Å²) < 4.78 is 4.54. The SMILES string of the molecule is COC(=O)c1c[nH]cc1CCO. The fourth-order valence-electron chi connectivity index (χ4n) is 1.02. The first-order valence-electron chi connectivity index (χ1n) is 3.64. The number of hydrogen-bond donors (Lipinski definition) is 2. The molecule has 0 spiro atoms. The molecule has 66 valence electrons. The number of aliphatic hydroxyl groups excluding tert-OH is 1. The lowest BCUT2D eigenvalue weighted by atomic mass is 10.1. The fourth-order valence-corrected chi connectivity index (χ4v) is 1.02. The fraction of sp³-hybridized carbons (Fsp3) is 0.375. The molecule has 0 bridgehead atoms. The Morgan fingerprint density at radius 1 is 1.67 bits per heavy atom. The maximum Gasteiger partial charge on any atom is 0.339 e. The van der Waals surface area contributed by atoms with Crippen LogP contribution < -0.4 is 0 Å². The lowest BCUT2D eigenvalue weighted by Gasteiger charge is -1.98. The number of ether oxygens (including phenoxy) is 1. The van der Waals surface area contributed by atoms with Gasteiger partial charge >= 0.3 is 5.97 Å². The molecule has 0 amide bonds. The van der Waals surface area contributed by atoms with E-state index in [4.69, 9.17) is 5.11 Å². The van der Waals surface area contributed by atoms with Gasteiger partial charge in [-0.15, -0.1) is 0 Å². The average molecular weight is 169 g/mol. The van der Waals surface area contributed by atoms with E-state index in [0.717, 1.165) is 5.56 Å². The van der Waals surface area contributed by atoms with Crippen molar-refractivity contribution in [1.82, 2.24) is 4.98 Å². The highest BCUT2D eigenvalue weighted by molar-refractivity contribution is 5.90. The lowest BCUT2D eigenvalue weighted by Crippen LogP contribution is -2.04. The minimum Gasteiger partial charge on any atom is -0.465 e. The topological polar surface area (TPSA) is 62.3 Å². The van der Waals surface area contributed by atoms with Crippen LogP contribution in [0.4, 0.5) is 0 Å². The first kappa shape index (κ1) is 8.80. The van der Waals surface area contributed by atoms with E-state index in [0.29, 0.717) is 12.0 Å². The van der Waals surface area contributed by atoms with Gasteiger partial charge in [0.05, 0.1) is 12.7 Å². The molecule has 1 rings (SSSR count). The van der Waals surface area contributed by atoms with Gasteiger partial charge in [0, 0.05) is 19.0 Å². The van der Waals surface area contributed by atoms with Crippen LogP contribution in [-0.2, 0) is 11.2 Å². The summed E-state index contributed by atoms with van der Waals surface area (Å²) in [6.45, 7) is 0.0296. The van der Waals surface area contributed by atoms with Crippen LogP contribution in [0.1, 0.15) is 15.9 Å². The van der Waals surface area contributed by atoms with E-state index < -0.39 is 0 Å². The van der Waals surface area contributed by atoms with Crippen LogP contribution in [0.15, 0.2) is 12.4 Å². The molecule has 0 fully saturated rings. The van der Waals surface area contributed by atoms with Crippen molar-refractivity contribution in [3.05, 3.63) is 23.5 Å². The zero-order chi connectivity index (χ0) is 8.97.